The van der Waals surface area contributed by atoms with Crippen LogP contribution in [0.4, 0.5) is 0 Å². The van der Waals surface area contributed by atoms with Crippen molar-refractivity contribution in [1.82, 2.24) is 25.6 Å². The zero-order valence-electron chi connectivity index (χ0n) is 17.0. The lowest BCUT2D eigenvalue weighted by atomic mass is 9.94. The molecule has 0 bridgehead atoms. The second-order valence-electron chi connectivity index (χ2n) is 7.75. The standard InChI is InChI=1S/C21H31N5O.ClH/c1-4-5-16-6-8-17(9-7-16)20(15(2)3)23-21(27)19-14-26(25-24-19)18-10-12-22-13-11-18;/h6-9,14-15,18,20,22H,4-5,10-13H2,1-3H3,(H,23,27);1H. The molecule has 0 saturated carbocycles. The van der Waals surface area contributed by atoms with Crippen LogP contribution in [-0.4, -0.2) is 34.0 Å². The molecule has 0 spiro atoms. The van der Waals surface area contributed by atoms with Crippen LogP contribution in [0.2, 0.25) is 0 Å². The van der Waals surface area contributed by atoms with E-state index in [1.54, 1.807) is 6.20 Å². The van der Waals surface area contributed by atoms with Gasteiger partial charge in [-0.3, -0.25) is 4.79 Å². The van der Waals surface area contributed by atoms with Crippen molar-refractivity contribution in [2.45, 2.75) is 58.5 Å². The number of nitrogens with one attached hydrogen (secondary N) is 2. The highest BCUT2D eigenvalue weighted by Crippen LogP contribution is 2.23. The quantitative estimate of drug-likeness (QED) is 0.736. The third-order valence-corrected chi connectivity index (χ3v) is 5.26. The van der Waals surface area contributed by atoms with Crippen molar-refractivity contribution >= 4 is 18.3 Å². The van der Waals surface area contributed by atoms with Crippen LogP contribution in [0.25, 0.3) is 0 Å². The van der Waals surface area contributed by atoms with E-state index in [9.17, 15) is 4.79 Å². The van der Waals surface area contributed by atoms with E-state index in [1.807, 2.05) is 4.68 Å². The Labute approximate surface area is 173 Å². The Kier molecular flexibility index (Phi) is 8.45. The first-order valence-corrected chi connectivity index (χ1v) is 10.1. The molecule has 1 aromatic heterocycles. The van der Waals surface area contributed by atoms with Crippen LogP contribution in [-0.2, 0) is 6.42 Å². The van der Waals surface area contributed by atoms with Gasteiger partial charge in [-0.2, -0.15) is 0 Å². The Balaban J connectivity index is 0.00000280. The van der Waals surface area contributed by atoms with Gasteiger partial charge in [0.1, 0.15) is 0 Å². The number of halogens is 1. The van der Waals surface area contributed by atoms with Crippen molar-refractivity contribution in [2.75, 3.05) is 13.1 Å². The molecule has 1 fully saturated rings. The van der Waals surface area contributed by atoms with Gasteiger partial charge in [0, 0.05) is 0 Å². The van der Waals surface area contributed by atoms with Gasteiger partial charge >= 0.3 is 0 Å². The zero-order chi connectivity index (χ0) is 19.2. The summed E-state index contributed by atoms with van der Waals surface area (Å²) < 4.78 is 1.85. The number of carbonyl (C=O) groups is 1. The average molecular weight is 406 g/mol. The average Bonchev–Trinajstić information content (AvgIpc) is 3.18. The van der Waals surface area contributed by atoms with E-state index >= 15 is 0 Å². The molecule has 1 aliphatic heterocycles. The third-order valence-electron chi connectivity index (χ3n) is 5.26. The summed E-state index contributed by atoms with van der Waals surface area (Å²) in [6, 6.07) is 8.86. The molecule has 0 aliphatic carbocycles. The Hall–Kier alpha value is -1.92. The van der Waals surface area contributed by atoms with E-state index in [2.05, 4.69) is 66.0 Å². The number of hydrogen-bond donors (Lipinski definition) is 2. The zero-order valence-corrected chi connectivity index (χ0v) is 17.8. The molecule has 1 amide bonds. The summed E-state index contributed by atoms with van der Waals surface area (Å²) in [7, 11) is 0. The molecule has 1 aromatic carbocycles. The number of hydrogen-bond acceptors (Lipinski definition) is 4. The molecule has 28 heavy (non-hydrogen) atoms. The number of benzene rings is 1. The molecular weight excluding hydrogens is 374 g/mol. The molecule has 1 atom stereocenters. The molecular formula is C21H32ClN5O. The number of nitrogens with zero attached hydrogens (tertiary/aromatic N) is 3. The number of carbonyl (C=O) groups excluding carboxylic acids is 1. The molecule has 154 valence electrons. The highest BCUT2D eigenvalue weighted by Gasteiger charge is 2.22. The summed E-state index contributed by atoms with van der Waals surface area (Å²) >= 11 is 0. The highest BCUT2D eigenvalue weighted by atomic mass is 35.5. The Bertz CT molecular complexity index is 738. The molecule has 0 radical (unpaired) electrons. The van der Waals surface area contributed by atoms with Gasteiger partial charge in [0.2, 0.25) is 0 Å². The van der Waals surface area contributed by atoms with Gasteiger partial charge in [-0.1, -0.05) is 56.7 Å². The number of aryl methyl sites for hydroxylation is 1. The first-order valence-electron chi connectivity index (χ1n) is 10.1. The van der Waals surface area contributed by atoms with Gasteiger partial charge in [0.15, 0.2) is 5.69 Å². The normalized spacial score (nSPS) is 15.9. The smallest absolute Gasteiger partial charge is 0.273 e. The van der Waals surface area contributed by atoms with Gasteiger partial charge in [0.25, 0.3) is 5.91 Å². The number of rotatable bonds is 7. The fraction of sp³-hybridized carbons (Fsp3) is 0.571. The first kappa shape index (κ1) is 22.4. The van der Waals surface area contributed by atoms with Crippen molar-refractivity contribution < 1.29 is 4.79 Å². The summed E-state index contributed by atoms with van der Waals surface area (Å²) in [6.45, 7) is 8.39. The lowest BCUT2D eigenvalue weighted by molar-refractivity contribution is 0.0920. The topological polar surface area (TPSA) is 71.8 Å². The Morgan fingerprint density at radius 1 is 1.25 bits per heavy atom. The molecule has 2 aromatic rings. The molecule has 2 N–H and O–H groups in total. The molecule has 1 saturated heterocycles. The highest BCUT2D eigenvalue weighted by molar-refractivity contribution is 5.92. The molecule has 6 nitrogen and oxygen atoms in total. The molecule has 3 rings (SSSR count). The van der Waals surface area contributed by atoms with Gasteiger partial charge < -0.3 is 10.6 Å². The van der Waals surface area contributed by atoms with Crippen LogP contribution in [0, 0.1) is 5.92 Å². The second kappa shape index (κ2) is 10.6. The largest absolute Gasteiger partial charge is 0.344 e. The molecule has 7 heteroatoms. The summed E-state index contributed by atoms with van der Waals surface area (Å²) in [5.41, 5.74) is 2.85. The van der Waals surface area contributed by atoms with Crippen molar-refractivity contribution in [2.24, 2.45) is 5.92 Å². The molecule has 1 aliphatic rings. The van der Waals surface area contributed by atoms with Gasteiger partial charge in [0.05, 0.1) is 18.3 Å². The van der Waals surface area contributed by atoms with Crippen LogP contribution in [0.5, 0.6) is 0 Å². The minimum atomic E-state index is -0.161. The van der Waals surface area contributed by atoms with Gasteiger partial charge in [-0.15, -0.1) is 17.5 Å². The van der Waals surface area contributed by atoms with E-state index in [0.29, 0.717) is 11.7 Å². The van der Waals surface area contributed by atoms with Crippen molar-refractivity contribution in [3.05, 3.63) is 47.3 Å². The lowest BCUT2D eigenvalue weighted by Crippen LogP contribution is -2.32. The number of piperidine rings is 1. The monoisotopic (exact) mass is 405 g/mol. The minimum Gasteiger partial charge on any atom is -0.344 e. The van der Waals surface area contributed by atoms with E-state index in [0.717, 1.165) is 44.3 Å². The van der Waals surface area contributed by atoms with Crippen LogP contribution >= 0.6 is 12.4 Å². The number of aromatic nitrogens is 3. The Morgan fingerprint density at radius 2 is 1.93 bits per heavy atom. The first-order chi connectivity index (χ1) is 13.1. The second-order valence-corrected chi connectivity index (χ2v) is 7.75. The minimum absolute atomic E-state index is 0. The summed E-state index contributed by atoms with van der Waals surface area (Å²) in [5.74, 6) is 0.122. The molecule has 1 unspecified atom stereocenters. The fourth-order valence-electron chi connectivity index (χ4n) is 3.66. The maximum Gasteiger partial charge on any atom is 0.273 e. The maximum absolute atomic E-state index is 12.8. The lowest BCUT2D eigenvalue weighted by Gasteiger charge is -2.23. The predicted octanol–water partition coefficient (Wildman–Crippen LogP) is 3.70. The van der Waals surface area contributed by atoms with Crippen LogP contribution in [0.3, 0.4) is 0 Å². The van der Waals surface area contributed by atoms with E-state index in [-0.39, 0.29) is 30.3 Å². The van der Waals surface area contributed by atoms with E-state index in [1.165, 1.54) is 5.56 Å². The van der Waals surface area contributed by atoms with Gasteiger partial charge in [-0.25, -0.2) is 4.68 Å². The number of amides is 1. The SMILES string of the molecule is CCCc1ccc(C(NC(=O)c2cn(C3CCNCC3)nn2)C(C)C)cc1.Cl. The Morgan fingerprint density at radius 3 is 2.54 bits per heavy atom. The van der Waals surface area contributed by atoms with Crippen LogP contribution < -0.4 is 10.6 Å². The van der Waals surface area contributed by atoms with Crippen molar-refractivity contribution in [3.63, 3.8) is 0 Å². The fourth-order valence-corrected chi connectivity index (χ4v) is 3.66. The van der Waals surface area contributed by atoms with E-state index < -0.39 is 0 Å². The summed E-state index contributed by atoms with van der Waals surface area (Å²) in [6.07, 6.45) is 6.04. The van der Waals surface area contributed by atoms with Crippen molar-refractivity contribution in [3.8, 4) is 0 Å². The van der Waals surface area contributed by atoms with Gasteiger partial charge in [-0.05, 0) is 49.4 Å². The summed E-state index contributed by atoms with van der Waals surface area (Å²) in [5, 5.41) is 14.8. The third kappa shape index (κ3) is 5.55. The van der Waals surface area contributed by atoms with Crippen LogP contribution in [0.1, 0.15) is 73.7 Å². The van der Waals surface area contributed by atoms with Crippen molar-refractivity contribution in [1.29, 1.82) is 0 Å². The summed E-state index contributed by atoms with van der Waals surface area (Å²) in [4.78, 5) is 12.8. The van der Waals surface area contributed by atoms with E-state index in [4.69, 9.17) is 0 Å². The maximum atomic E-state index is 12.8. The predicted molar refractivity (Wildman–Crippen MR) is 114 cm³/mol. The van der Waals surface area contributed by atoms with Crippen LogP contribution in [0.15, 0.2) is 30.5 Å². The molecule has 2 heterocycles.